The van der Waals surface area contributed by atoms with Gasteiger partial charge in [-0.05, 0) is 37.1 Å². The summed E-state index contributed by atoms with van der Waals surface area (Å²) in [6.07, 6.45) is 0.880. The summed E-state index contributed by atoms with van der Waals surface area (Å²) in [7, 11) is 1.40. The van der Waals surface area contributed by atoms with Crippen molar-refractivity contribution < 1.29 is 14.3 Å². The summed E-state index contributed by atoms with van der Waals surface area (Å²) in [5.74, 6) is -0.302. The molecule has 5 nitrogen and oxygen atoms in total. The number of piperazine rings is 1. The molecule has 0 saturated carbocycles. The van der Waals surface area contributed by atoms with E-state index in [0.29, 0.717) is 23.2 Å². The smallest absolute Gasteiger partial charge is 0.337 e. The lowest BCUT2D eigenvalue weighted by atomic mass is 10.0. The Hall–Kier alpha value is -2.50. The van der Waals surface area contributed by atoms with Gasteiger partial charge in [0.2, 0.25) is 0 Å². The van der Waals surface area contributed by atoms with Gasteiger partial charge in [-0.3, -0.25) is 14.6 Å². The van der Waals surface area contributed by atoms with Crippen molar-refractivity contribution in [3.05, 3.63) is 70.8 Å². The second-order valence-corrected chi connectivity index (χ2v) is 7.61. The van der Waals surface area contributed by atoms with Gasteiger partial charge in [0, 0.05) is 43.8 Å². The van der Waals surface area contributed by atoms with E-state index in [0.717, 1.165) is 32.5 Å². The predicted molar refractivity (Wildman–Crippen MR) is 109 cm³/mol. The van der Waals surface area contributed by atoms with Gasteiger partial charge in [-0.1, -0.05) is 36.4 Å². The van der Waals surface area contributed by atoms with Crippen molar-refractivity contribution in [1.82, 2.24) is 9.80 Å². The average Bonchev–Trinajstić information content (AvgIpc) is 2.71. The van der Waals surface area contributed by atoms with Crippen molar-refractivity contribution in [3.63, 3.8) is 0 Å². The molecular weight excluding hydrogens is 352 g/mol. The molecule has 0 aliphatic carbocycles. The number of esters is 1. The number of rotatable bonds is 6. The van der Waals surface area contributed by atoms with Crippen LogP contribution in [0.4, 0.5) is 0 Å². The first-order chi connectivity index (χ1) is 13.5. The maximum absolute atomic E-state index is 11.6. The molecule has 2 aromatic carbocycles. The van der Waals surface area contributed by atoms with Crippen molar-refractivity contribution in [2.75, 3.05) is 20.2 Å². The Morgan fingerprint density at radius 3 is 2.04 bits per heavy atom. The summed E-state index contributed by atoms with van der Waals surface area (Å²) >= 11 is 0. The van der Waals surface area contributed by atoms with E-state index >= 15 is 0 Å². The third kappa shape index (κ3) is 4.86. The maximum atomic E-state index is 11.6. The highest BCUT2D eigenvalue weighted by Gasteiger charge is 2.29. The monoisotopic (exact) mass is 380 g/mol. The van der Waals surface area contributed by atoms with Gasteiger partial charge >= 0.3 is 5.97 Å². The largest absolute Gasteiger partial charge is 0.465 e. The quantitative estimate of drug-likeness (QED) is 0.568. The van der Waals surface area contributed by atoms with Crippen molar-refractivity contribution in [1.29, 1.82) is 0 Å². The molecule has 1 aliphatic rings. The molecule has 1 saturated heterocycles. The van der Waals surface area contributed by atoms with E-state index in [-0.39, 0.29) is 5.97 Å². The number of carbonyl (C=O) groups is 2. The Labute approximate surface area is 166 Å². The topological polar surface area (TPSA) is 49.9 Å². The molecule has 0 unspecified atom stereocenters. The first-order valence-electron chi connectivity index (χ1n) is 9.69. The second kappa shape index (κ2) is 9.13. The van der Waals surface area contributed by atoms with Gasteiger partial charge in [-0.2, -0.15) is 0 Å². The van der Waals surface area contributed by atoms with Crippen molar-refractivity contribution >= 4 is 12.3 Å². The fourth-order valence-electron chi connectivity index (χ4n) is 3.94. The minimum absolute atomic E-state index is 0.302. The van der Waals surface area contributed by atoms with E-state index < -0.39 is 0 Å². The summed E-state index contributed by atoms with van der Waals surface area (Å²) in [6, 6.07) is 16.4. The molecule has 1 heterocycles. The Morgan fingerprint density at radius 2 is 1.50 bits per heavy atom. The van der Waals surface area contributed by atoms with Gasteiger partial charge in [0.25, 0.3) is 0 Å². The van der Waals surface area contributed by atoms with Crippen molar-refractivity contribution in [3.8, 4) is 0 Å². The van der Waals surface area contributed by atoms with Gasteiger partial charge in [0.15, 0.2) is 0 Å². The van der Waals surface area contributed by atoms with Crippen molar-refractivity contribution in [2.24, 2.45) is 0 Å². The highest BCUT2D eigenvalue weighted by atomic mass is 16.5. The molecule has 1 fully saturated rings. The number of methoxy groups -OCH3 is 1. The standard InChI is InChI=1S/C23H28N2O3/c1-17-12-24(14-19-8-10-22(11-9-19)23(27)28-3)13-18(2)25(17)15-20-4-6-21(16-26)7-5-20/h4-11,16-18H,12-15H2,1-3H3/t17-,18+. The van der Waals surface area contributed by atoms with Crippen LogP contribution < -0.4 is 0 Å². The molecule has 0 aromatic heterocycles. The first kappa shape index (κ1) is 20.2. The molecular formula is C23H28N2O3. The summed E-state index contributed by atoms with van der Waals surface area (Å²) in [4.78, 5) is 27.4. The number of nitrogens with zero attached hydrogens (tertiary/aromatic N) is 2. The van der Waals surface area contributed by atoms with E-state index in [1.54, 1.807) is 0 Å². The zero-order valence-electron chi connectivity index (χ0n) is 16.8. The molecule has 5 heteroatoms. The van der Waals surface area contributed by atoms with Crippen LogP contribution in [0.5, 0.6) is 0 Å². The average molecular weight is 380 g/mol. The minimum Gasteiger partial charge on any atom is -0.465 e. The first-order valence-corrected chi connectivity index (χ1v) is 9.69. The van der Waals surface area contributed by atoms with Crippen LogP contribution in [-0.2, 0) is 17.8 Å². The molecule has 28 heavy (non-hydrogen) atoms. The third-order valence-electron chi connectivity index (χ3n) is 5.44. The summed E-state index contributed by atoms with van der Waals surface area (Å²) in [5.41, 5.74) is 3.73. The molecule has 2 aromatic rings. The number of hydrogen-bond donors (Lipinski definition) is 0. The van der Waals surface area contributed by atoms with E-state index in [2.05, 4.69) is 23.6 Å². The molecule has 0 radical (unpaired) electrons. The molecule has 0 bridgehead atoms. The number of ether oxygens (including phenoxy) is 1. The highest BCUT2D eigenvalue weighted by Crippen LogP contribution is 2.21. The molecule has 1 aliphatic heterocycles. The number of carbonyl (C=O) groups excluding carboxylic acids is 2. The predicted octanol–water partition coefficient (Wildman–Crippen LogP) is 3.38. The van der Waals surface area contributed by atoms with E-state index in [9.17, 15) is 9.59 Å². The molecule has 0 N–H and O–H groups in total. The number of benzene rings is 2. The van der Waals surface area contributed by atoms with Crippen LogP contribution in [0, 0.1) is 0 Å². The lowest BCUT2D eigenvalue weighted by molar-refractivity contribution is 0.0290. The minimum atomic E-state index is -0.302. The van der Waals surface area contributed by atoms with E-state index in [1.165, 1.54) is 18.2 Å². The van der Waals surface area contributed by atoms with Gasteiger partial charge in [-0.25, -0.2) is 4.79 Å². The lowest BCUT2D eigenvalue weighted by Gasteiger charge is -2.44. The molecule has 2 atom stereocenters. The van der Waals surface area contributed by atoms with E-state index in [4.69, 9.17) is 4.74 Å². The fraction of sp³-hybridized carbons (Fsp3) is 0.391. The zero-order chi connectivity index (χ0) is 20.1. The van der Waals surface area contributed by atoms with Gasteiger partial charge in [0.05, 0.1) is 12.7 Å². The van der Waals surface area contributed by atoms with Crippen LogP contribution in [0.2, 0.25) is 0 Å². The summed E-state index contributed by atoms with van der Waals surface area (Å²) in [6.45, 7) is 8.29. The fourth-order valence-corrected chi connectivity index (χ4v) is 3.94. The van der Waals surface area contributed by atoms with Gasteiger partial charge in [0.1, 0.15) is 6.29 Å². The number of aldehydes is 1. The van der Waals surface area contributed by atoms with E-state index in [1.807, 2.05) is 48.5 Å². The van der Waals surface area contributed by atoms with Crippen LogP contribution in [0.1, 0.15) is 45.7 Å². The van der Waals surface area contributed by atoms with Crippen molar-refractivity contribution in [2.45, 2.75) is 39.0 Å². The zero-order valence-corrected chi connectivity index (χ0v) is 16.8. The highest BCUT2D eigenvalue weighted by molar-refractivity contribution is 5.89. The second-order valence-electron chi connectivity index (χ2n) is 7.61. The molecule has 0 amide bonds. The Balaban J connectivity index is 1.59. The van der Waals surface area contributed by atoms with Gasteiger partial charge < -0.3 is 4.74 Å². The van der Waals surface area contributed by atoms with Crippen LogP contribution in [0.15, 0.2) is 48.5 Å². The molecule has 3 rings (SSSR count). The summed E-state index contributed by atoms with van der Waals surface area (Å²) < 4.78 is 4.76. The Kier molecular flexibility index (Phi) is 6.60. The van der Waals surface area contributed by atoms with Crippen LogP contribution in [0.3, 0.4) is 0 Å². The molecule has 148 valence electrons. The Morgan fingerprint density at radius 1 is 0.964 bits per heavy atom. The van der Waals surface area contributed by atoms with Crippen LogP contribution in [0.25, 0.3) is 0 Å². The summed E-state index contributed by atoms with van der Waals surface area (Å²) in [5, 5.41) is 0. The maximum Gasteiger partial charge on any atom is 0.337 e. The third-order valence-corrected chi connectivity index (χ3v) is 5.44. The van der Waals surface area contributed by atoms with Crippen LogP contribution >= 0.6 is 0 Å². The number of hydrogen-bond acceptors (Lipinski definition) is 5. The molecule has 0 spiro atoms. The Bertz CT molecular complexity index is 790. The normalized spacial score (nSPS) is 20.7. The lowest BCUT2D eigenvalue weighted by Crippen LogP contribution is -2.55. The van der Waals surface area contributed by atoms with Crippen LogP contribution in [-0.4, -0.2) is 54.3 Å². The van der Waals surface area contributed by atoms with Gasteiger partial charge in [-0.15, -0.1) is 0 Å². The SMILES string of the molecule is COC(=O)c1ccc(CN2C[C@@H](C)N(Cc3ccc(C=O)cc3)[C@@H](C)C2)cc1.